The van der Waals surface area contributed by atoms with E-state index in [1.165, 1.54) is 0 Å². The SMILES string of the molecule is CN(C)[C@H](CNC(=O)c1ccc(C(=O)c2ccccc2)cc1)c1ccccc1. The molecular weight excluding hydrogens is 348 g/mol. The number of rotatable bonds is 7. The molecule has 28 heavy (non-hydrogen) atoms. The van der Waals surface area contributed by atoms with Crippen LogP contribution in [0.2, 0.25) is 0 Å². The van der Waals surface area contributed by atoms with Crippen LogP contribution in [0.5, 0.6) is 0 Å². The van der Waals surface area contributed by atoms with Crippen molar-refractivity contribution in [3.8, 4) is 0 Å². The molecule has 0 radical (unpaired) electrons. The molecule has 0 fully saturated rings. The molecule has 0 aromatic heterocycles. The zero-order valence-electron chi connectivity index (χ0n) is 16.1. The summed E-state index contributed by atoms with van der Waals surface area (Å²) in [4.78, 5) is 27.1. The molecular formula is C24H24N2O2. The molecule has 142 valence electrons. The minimum absolute atomic E-state index is 0.0516. The van der Waals surface area contributed by atoms with Gasteiger partial charge in [0.05, 0.1) is 6.04 Å². The van der Waals surface area contributed by atoms with Gasteiger partial charge in [-0.1, -0.05) is 72.8 Å². The molecule has 0 heterocycles. The average molecular weight is 372 g/mol. The normalized spacial score (nSPS) is 11.8. The van der Waals surface area contributed by atoms with E-state index in [9.17, 15) is 9.59 Å². The first-order chi connectivity index (χ1) is 13.6. The lowest BCUT2D eigenvalue weighted by atomic mass is 10.0. The van der Waals surface area contributed by atoms with E-state index < -0.39 is 0 Å². The highest BCUT2D eigenvalue weighted by Gasteiger charge is 2.16. The second-order valence-electron chi connectivity index (χ2n) is 6.87. The van der Waals surface area contributed by atoms with Gasteiger partial charge in [0.2, 0.25) is 0 Å². The summed E-state index contributed by atoms with van der Waals surface area (Å²) in [6.07, 6.45) is 0. The minimum atomic E-state index is -0.151. The van der Waals surface area contributed by atoms with Crippen LogP contribution in [-0.4, -0.2) is 37.2 Å². The predicted molar refractivity (Wildman–Crippen MR) is 112 cm³/mol. The van der Waals surface area contributed by atoms with Crippen LogP contribution in [0.15, 0.2) is 84.9 Å². The molecule has 0 spiro atoms. The molecule has 4 nitrogen and oxygen atoms in total. The van der Waals surface area contributed by atoms with E-state index in [2.05, 4.69) is 22.3 Å². The third-order valence-corrected chi connectivity index (χ3v) is 4.71. The summed E-state index contributed by atoms with van der Waals surface area (Å²) in [5.41, 5.74) is 2.89. The fourth-order valence-electron chi connectivity index (χ4n) is 3.09. The number of ketones is 1. The lowest BCUT2D eigenvalue weighted by Gasteiger charge is -2.25. The van der Waals surface area contributed by atoms with Crippen LogP contribution in [0.1, 0.15) is 37.9 Å². The lowest BCUT2D eigenvalue weighted by Crippen LogP contribution is -2.34. The highest BCUT2D eigenvalue weighted by Crippen LogP contribution is 2.17. The molecule has 0 aliphatic carbocycles. The summed E-state index contributed by atoms with van der Waals surface area (Å²) in [6, 6.07) is 26.1. The maximum Gasteiger partial charge on any atom is 0.251 e. The van der Waals surface area contributed by atoms with Gasteiger partial charge >= 0.3 is 0 Å². The second-order valence-corrected chi connectivity index (χ2v) is 6.87. The van der Waals surface area contributed by atoms with Gasteiger partial charge < -0.3 is 10.2 Å². The number of likely N-dealkylation sites (N-methyl/N-ethyl adjacent to an activating group) is 1. The van der Waals surface area contributed by atoms with Crippen molar-refractivity contribution in [3.05, 3.63) is 107 Å². The summed E-state index contributed by atoms with van der Waals surface area (Å²) < 4.78 is 0. The number of hydrogen-bond donors (Lipinski definition) is 1. The van der Waals surface area contributed by atoms with Crippen LogP contribution in [-0.2, 0) is 0 Å². The first-order valence-electron chi connectivity index (χ1n) is 9.25. The number of hydrogen-bond acceptors (Lipinski definition) is 3. The summed E-state index contributed by atoms with van der Waals surface area (Å²) >= 11 is 0. The van der Waals surface area contributed by atoms with Crippen LogP contribution in [0, 0.1) is 0 Å². The molecule has 1 N–H and O–H groups in total. The fraction of sp³-hybridized carbons (Fsp3) is 0.167. The monoisotopic (exact) mass is 372 g/mol. The van der Waals surface area contributed by atoms with Crippen molar-refractivity contribution < 1.29 is 9.59 Å². The molecule has 3 aromatic carbocycles. The van der Waals surface area contributed by atoms with Crippen molar-refractivity contribution in [2.75, 3.05) is 20.6 Å². The Labute approximate surface area is 165 Å². The summed E-state index contributed by atoms with van der Waals surface area (Å²) in [5, 5.41) is 2.99. The Kier molecular flexibility index (Phi) is 6.35. The molecule has 0 saturated carbocycles. The number of nitrogens with zero attached hydrogens (tertiary/aromatic N) is 1. The largest absolute Gasteiger partial charge is 0.350 e. The number of carbonyl (C=O) groups is 2. The van der Waals surface area contributed by atoms with Crippen molar-refractivity contribution in [2.45, 2.75) is 6.04 Å². The molecule has 4 heteroatoms. The van der Waals surface area contributed by atoms with Crippen LogP contribution in [0.4, 0.5) is 0 Å². The van der Waals surface area contributed by atoms with Gasteiger partial charge in [0, 0.05) is 23.2 Å². The summed E-state index contributed by atoms with van der Waals surface area (Å²) in [7, 11) is 3.99. The minimum Gasteiger partial charge on any atom is -0.350 e. The Morgan fingerprint density at radius 2 is 1.25 bits per heavy atom. The predicted octanol–water partition coefficient (Wildman–Crippen LogP) is 3.95. The van der Waals surface area contributed by atoms with E-state index >= 15 is 0 Å². The van der Waals surface area contributed by atoms with E-state index in [0.717, 1.165) is 5.56 Å². The van der Waals surface area contributed by atoms with Crippen molar-refractivity contribution in [1.82, 2.24) is 10.2 Å². The van der Waals surface area contributed by atoms with Crippen molar-refractivity contribution in [2.24, 2.45) is 0 Å². The molecule has 0 aliphatic rings. The average Bonchev–Trinajstić information content (AvgIpc) is 2.74. The third-order valence-electron chi connectivity index (χ3n) is 4.71. The Hall–Kier alpha value is -3.24. The number of benzene rings is 3. The van der Waals surface area contributed by atoms with Crippen LogP contribution >= 0.6 is 0 Å². The Bertz CT molecular complexity index is 920. The van der Waals surface area contributed by atoms with E-state index in [-0.39, 0.29) is 17.7 Å². The second kappa shape index (κ2) is 9.11. The van der Waals surface area contributed by atoms with Crippen LogP contribution in [0.3, 0.4) is 0 Å². The van der Waals surface area contributed by atoms with Gasteiger partial charge in [0.15, 0.2) is 5.78 Å². The smallest absolute Gasteiger partial charge is 0.251 e. The van der Waals surface area contributed by atoms with Gasteiger partial charge in [-0.2, -0.15) is 0 Å². The van der Waals surface area contributed by atoms with Gasteiger partial charge in [-0.25, -0.2) is 0 Å². The van der Waals surface area contributed by atoms with Crippen molar-refractivity contribution in [3.63, 3.8) is 0 Å². The van der Waals surface area contributed by atoms with E-state index in [4.69, 9.17) is 0 Å². The molecule has 0 saturated heterocycles. The first kappa shape index (κ1) is 19.5. The molecule has 0 unspecified atom stereocenters. The van der Waals surface area contributed by atoms with Gasteiger partial charge in [-0.3, -0.25) is 9.59 Å². The molecule has 0 bridgehead atoms. The highest BCUT2D eigenvalue weighted by atomic mass is 16.1. The lowest BCUT2D eigenvalue weighted by molar-refractivity contribution is 0.0940. The Morgan fingerprint density at radius 1 is 0.750 bits per heavy atom. The molecule has 0 aliphatic heterocycles. The van der Waals surface area contributed by atoms with Crippen molar-refractivity contribution in [1.29, 1.82) is 0 Å². The van der Waals surface area contributed by atoms with E-state index in [1.54, 1.807) is 36.4 Å². The summed E-state index contributed by atoms with van der Waals surface area (Å²) in [6.45, 7) is 0.501. The zero-order chi connectivity index (χ0) is 19.9. The van der Waals surface area contributed by atoms with Gasteiger partial charge in [-0.05, 0) is 31.8 Å². The topological polar surface area (TPSA) is 49.4 Å². The number of nitrogens with one attached hydrogen (secondary N) is 1. The quantitative estimate of drug-likeness (QED) is 0.639. The first-order valence-corrected chi connectivity index (χ1v) is 9.25. The van der Waals surface area contributed by atoms with E-state index in [0.29, 0.717) is 23.2 Å². The summed E-state index contributed by atoms with van der Waals surface area (Å²) in [5.74, 6) is -0.203. The van der Waals surface area contributed by atoms with Crippen LogP contribution in [0.25, 0.3) is 0 Å². The molecule has 1 atom stereocenters. The van der Waals surface area contributed by atoms with Gasteiger partial charge in [0.1, 0.15) is 0 Å². The van der Waals surface area contributed by atoms with Gasteiger partial charge in [0.25, 0.3) is 5.91 Å². The number of amides is 1. The van der Waals surface area contributed by atoms with Crippen LogP contribution < -0.4 is 5.32 Å². The maximum atomic E-state index is 12.5. The third kappa shape index (κ3) is 4.72. The zero-order valence-corrected chi connectivity index (χ0v) is 16.1. The number of carbonyl (C=O) groups excluding carboxylic acids is 2. The molecule has 3 aromatic rings. The Morgan fingerprint density at radius 3 is 1.82 bits per heavy atom. The fourth-order valence-corrected chi connectivity index (χ4v) is 3.09. The Balaban J connectivity index is 1.65. The van der Waals surface area contributed by atoms with E-state index in [1.807, 2.05) is 50.5 Å². The molecule has 1 amide bonds. The van der Waals surface area contributed by atoms with Gasteiger partial charge in [-0.15, -0.1) is 0 Å². The highest BCUT2D eigenvalue weighted by molar-refractivity contribution is 6.09. The maximum absolute atomic E-state index is 12.5. The molecule has 3 rings (SSSR count). The van der Waals surface area contributed by atoms with Crippen molar-refractivity contribution >= 4 is 11.7 Å². The standard InChI is InChI=1S/C24H24N2O2/c1-26(2)22(18-9-5-3-6-10-18)17-25-24(28)21-15-13-20(14-16-21)23(27)19-11-7-4-8-12-19/h3-16,22H,17H2,1-2H3,(H,25,28)/t22-/m1/s1.